The molecule has 0 amide bonds. The Kier molecular flexibility index (Phi) is 4.02. The molecule has 3 rings (SSSR count). The number of benzene rings is 2. The number of hydrogen-bond acceptors (Lipinski definition) is 3. The fraction of sp³-hybridized carbons (Fsp3) is 0.0588. The second kappa shape index (κ2) is 6.12. The maximum absolute atomic E-state index is 12.9. The van der Waals surface area contributed by atoms with Crippen LogP contribution in [0.3, 0.4) is 0 Å². The number of halogens is 2. The van der Waals surface area contributed by atoms with Crippen LogP contribution in [0.25, 0.3) is 22.5 Å². The average molecular weight is 315 g/mol. The van der Waals surface area contributed by atoms with Crippen molar-refractivity contribution >= 4 is 22.7 Å². The minimum atomic E-state index is -0.298. The molecule has 3 aromatic rings. The molecule has 110 valence electrons. The van der Waals surface area contributed by atoms with Crippen molar-refractivity contribution in [2.24, 2.45) is 0 Å². The summed E-state index contributed by atoms with van der Waals surface area (Å²) in [5, 5.41) is 4.26. The lowest BCUT2D eigenvalue weighted by atomic mass is 10.1. The van der Waals surface area contributed by atoms with Gasteiger partial charge in [-0.15, -0.1) is 0 Å². The second-order valence-corrected chi connectivity index (χ2v) is 5.19. The van der Waals surface area contributed by atoms with E-state index in [1.54, 1.807) is 18.2 Å². The predicted molar refractivity (Wildman–Crippen MR) is 84.6 cm³/mol. The summed E-state index contributed by atoms with van der Waals surface area (Å²) in [6.07, 6.45) is 1.65. The quantitative estimate of drug-likeness (QED) is 0.688. The van der Waals surface area contributed by atoms with E-state index in [1.165, 1.54) is 12.1 Å². The van der Waals surface area contributed by atoms with Gasteiger partial charge in [-0.1, -0.05) is 53.2 Å². The third-order valence-corrected chi connectivity index (χ3v) is 3.45. The monoisotopic (exact) mass is 314 g/mol. The van der Waals surface area contributed by atoms with E-state index in [0.717, 1.165) is 16.7 Å². The first kappa shape index (κ1) is 14.5. The lowest BCUT2D eigenvalue weighted by Crippen LogP contribution is -1.85. The Morgan fingerprint density at radius 3 is 2.59 bits per heavy atom. The Morgan fingerprint density at radius 1 is 1.14 bits per heavy atom. The Bertz CT molecular complexity index is 825. The van der Waals surface area contributed by atoms with Gasteiger partial charge in [-0.05, 0) is 36.3 Å². The molecule has 0 N–H and O–H groups in total. The zero-order valence-electron chi connectivity index (χ0n) is 11.8. The van der Waals surface area contributed by atoms with Crippen LogP contribution in [0, 0.1) is 12.7 Å². The molecular formula is C17H12ClFN2O. The summed E-state index contributed by atoms with van der Waals surface area (Å²) < 4.78 is 18.1. The van der Waals surface area contributed by atoms with Gasteiger partial charge in [-0.25, -0.2) is 4.39 Å². The van der Waals surface area contributed by atoms with E-state index in [2.05, 4.69) is 10.1 Å². The largest absolute Gasteiger partial charge is 0.333 e. The van der Waals surface area contributed by atoms with Crippen LogP contribution in [0.4, 0.5) is 4.39 Å². The smallest absolute Gasteiger partial charge is 0.269 e. The third kappa shape index (κ3) is 3.07. The van der Waals surface area contributed by atoms with Crippen molar-refractivity contribution in [3.8, 4) is 11.4 Å². The molecule has 0 radical (unpaired) electrons. The highest BCUT2D eigenvalue weighted by atomic mass is 35.5. The zero-order valence-corrected chi connectivity index (χ0v) is 12.5. The molecule has 22 heavy (non-hydrogen) atoms. The van der Waals surface area contributed by atoms with Gasteiger partial charge in [-0.3, -0.25) is 0 Å². The third-order valence-electron chi connectivity index (χ3n) is 3.18. The van der Waals surface area contributed by atoms with Crippen molar-refractivity contribution in [2.75, 3.05) is 0 Å². The summed E-state index contributed by atoms with van der Waals surface area (Å²) in [4.78, 5) is 4.30. The van der Waals surface area contributed by atoms with Gasteiger partial charge >= 0.3 is 0 Å². The molecule has 0 unspecified atom stereocenters. The Balaban J connectivity index is 1.90. The van der Waals surface area contributed by atoms with E-state index < -0.39 is 0 Å². The van der Waals surface area contributed by atoms with Crippen molar-refractivity contribution in [2.45, 2.75) is 6.92 Å². The van der Waals surface area contributed by atoms with Gasteiger partial charge in [0.2, 0.25) is 5.82 Å². The minimum absolute atomic E-state index is 0.226. The molecule has 0 bridgehead atoms. The summed E-state index contributed by atoms with van der Waals surface area (Å²) in [7, 11) is 0. The van der Waals surface area contributed by atoms with Gasteiger partial charge in [0.15, 0.2) is 0 Å². The van der Waals surface area contributed by atoms with Gasteiger partial charge in [0.1, 0.15) is 10.8 Å². The molecular weight excluding hydrogens is 303 g/mol. The van der Waals surface area contributed by atoms with Crippen LogP contribution < -0.4 is 0 Å². The first-order chi connectivity index (χ1) is 10.6. The van der Waals surface area contributed by atoms with E-state index >= 15 is 0 Å². The van der Waals surface area contributed by atoms with E-state index in [4.69, 9.17) is 16.1 Å². The van der Waals surface area contributed by atoms with E-state index in [-0.39, 0.29) is 11.7 Å². The predicted octanol–water partition coefficient (Wildman–Crippen LogP) is 4.92. The number of rotatable bonds is 3. The summed E-state index contributed by atoms with van der Waals surface area (Å²) in [5.74, 6) is 0.413. The van der Waals surface area contributed by atoms with Crippen molar-refractivity contribution in [3.63, 3.8) is 0 Å². The van der Waals surface area contributed by atoms with Crippen LogP contribution in [0.1, 0.15) is 17.0 Å². The fourth-order valence-electron chi connectivity index (χ4n) is 2.02. The first-order valence-corrected chi connectivity index (χ1v) is 7.04. The van der Waals surface area contributed by atoms with Crippen molar-refractivity contribution in [1.29, 1.82) is 0 Å². The molecule has 1 heterocycles. The normalized spacial score (nSPS) is 11.7. The Labute approximate surface area is 132 Å². The highest BCUT2D eigenvalue weighted by Gasteiger charge is 2.12. The molecule has 0 spiro atoms. The molecule has 0 atom stereocenters. The van der Waals surface area contributed by atoms with Crippen LogP contribution in [-0.2, 0) is 0 Å². The van der Waals surface area contributed by atoms with Gasteiger partial charge in [0.05, 0.1) is 0 Å². The van der Waals surface area contributed by atoms with E-state index in [1.807, 2.05) is 31.2 Å². The van der Waals surface area contributed by atoms with E-state index in [0.29, 0.717) is 10.9 Å². The lowest BCUT2D eigenvalue weighted by Gasteiger charge is -1.98. The molecule has 0 aliphatic rings. The summed E-state index contributed by atoms with van der Waals surface area (Å²) >= 11 is 6.19. The number of aromatic nitrogens is 2. The van der Waals surface area contributed by atoms with Crippen LogP contribution in [0.5, 0.6) is 0 Å². The van der Waals surface area contributed by atoms with Crippen LogP contribution in [0.2, 0.25) is 0 Å². The summed E-state index contributed by atoms with van der Waals surface area (Å²) in [6, 6.07) is 13.7. The van der Waals surface area contributed by atoms with Gasteiger partial charge in [-0.2, -0.15) is 4.98 Å². The average Bonchev–Trinajstić information content (AvgIpc) is 3.00. The first-order valence-electron chi connectivity index (χ1n) is 6.66. The molecule has 3 nitrogen and oxygen atoms in total. The Hall–Kier alpha value is -2.46. The zero-order chi connectivity index (χ0) is 15.5. The van der Waals surface area contributed by atoms with Crippen LogP contribution in [-0.4, -0.2) is 10.1 Å². The molecule has 1 aromatic heterocycles. The maximum atomic E-state index is 12.9. The molecule has 0 fully saturated rings. The molecule has 2 aromatic carbocycles. The van der Waals surface area contributed by atoms with Crippen LogP contribution in [0.15, 0.2) is 53.1 Å². The van der Waals surface area contributed by atoms with Crippen molar-refractivity contribution in [1.82, 2.24) is 10.1 Å². The Morgan fingerprint density at radius 2 is 1.86 bits per heavy atom. The molecule has 0 aliphatic heterocycles. The number of aryl methyl sites for hydroxylation is 1. The number of nitrogens with zero attached hydrogens (tertiary/aromatic N) is 2. The van der Waals surface area contributed by atoms with Crippen molar-refractivity contribution < 1.29 is 8.91 Å². The van der Waals surface area contributed by atoms with E-state index in [9.17, 15) is 4.39 Å². The topological polar surface area (TPSA) is 38.9 Å². The summed E-state index contributed by atoms with van der Waals surface area (Å²) in [6.45, 7) is 1.97. The SMILES string of the molecule is Cc1ccccc1-c1noc(/C(Cl)=C/c2ccc(F)cc2)n1. The lowest BCUT2D eigenvalue weighted by molar-refractivity contribution is 0.410. The summed E-state index contributed by atoms with van der Waals surface area (Å²) in [5.41, 5.74) is 2.69. The van der Waals surface area contributed by atoms with Gasteiger partial charge in [0, 0.05) is 5.56 Å². The van der Waals surface area contributed by atoms with Gasteiger partial charge in [0.25, 0.3) is 5.89 Å². The standard InChI is InChI=1S/C17H12ClFN2O/c1-11-4-2-3-5-14(11)16-20-17(22-21-16)15(18)10-12-6-8-13(19)9-7-12/h2-10H,1H3/b15-10-. The number of hydrogen-bond donors (Lipinski definition) is 0. The second-order valence-electron chi connectivity index (χ2n) is 4.78. The highest BCUT2D eigenvalue weighted by molar-refractivity contribution is 6.50. The molecule has 0 aliphatic carbocycles. The molecule has 0 saturated carbocycles. The van der Waals surface area contributed by atoms with Gasteiger partial charge < -0.3 is 4.52 Å². The fourth-order valence-corrected chi connectivity index (χ4v) is 2.22. The molecule has 0 saturated heterocycles. The minimum Gasteiger partial charge on any atom is -0.333 e. The van der Waals surface area contributed by atoms with Crippen LogP contribution >= 0.6 is 11.6 Å². The molecule has 5 heteroatoms. The van der Waals surface area contributed by atoms with Crippen molar-refractivity contribution in [3.05, 3.63) is 71.4 Å². The maximum Gasteiger partial charge on any atom is 0.269 e. The highest BCUT2D eigenvalue weighted by Crippen LogP contribution is 2.25.